The molecular formula is C14H10N2O3. The minimum Gasteiger partial charge on any atom is -0.618 e. The second-order valence-electron chi connectivity index (χ2n) is 4.06. The Morgan fingerprint density at radius 2 is 1.89 bits per heavy atom. The summed E-state index contributed by atoms with van der Waals surface area (Å²) in [5.74, 6) is -0.506. The van der Waals surface area contributed by atoms with Gasteiger partial charge in [0.05, 0.1) is 12.7 Å². The number of rotatable bonds is 1. The molecule has 0 unspecified atom stereocenters. The number of hydrogen-bond acceptors (Lipinski definition) is 4. The van der Waals surface area contributed by atoms with Gasteiger partial charge in [-0.15, -0.1) is 0 Å². The van der Waals surface area contributed by atoms with Crippen LogP contribution in [0.3, 0.4) is 0 Å². The summed E-state index contributed by atoms with van der Waals surface area (Å²) in [6.45, 7) is 0. The molecule has 0 fully saturated rings. The molecule has 0 amide bonds. The van der Waals surface area contributed by atoms with Crippen LogP contribution in [-0.2, 0) is 4.74 Å². The summed E-state index contributed by atoms with van der Waals surface area (Å²) in [6, 6.07) is 11.9. The van der Waals surface area contributed by atoms with Crippen molar-refractivity contribution in [3.05, 3.63) is 53.2 Å². The van der Waals surface area contributed by atoms with Crippen molar-refractivity contribution in [1.82, 2.24) is 4.98 Å². The zero-order chi connectivity index (χ0) is 13.4. The molecular weight excluding hydrogens is 244 g/mol. The molecule has 0 spiro atoms. The molecule has 94 valence electrons. The van der Waals surface area contributed by atoms with Crippen LogP contribution in [0.4, 0.5) is 0 Å². The van der Waals surface area contributed by atoms with Crippen molar-refractivity contribution in [2.45, 2.75) is 0 Å². The molecule has 3 aromatic rings. The van der Waals surface area contributed by atoms with Gasteiger partial charge in [-0.05, 0) is 12.1 Å². The average Bonchev–Trinajstić information content (AvgIpc) is 2.46. The number of carbonyl (C=O) groups is 1. The molecule has 0 saturated heterocycles. The Morgan fingerprint density at radius 3 is 2.68 bits per heavy atom. The first-order chi connectivity index (χ1) is 9.22. The van der Waals surface area contributed by atoms with E-state index in [1.165, 1.54) is 7.11 Å². The summed E-state index contributed by atoms with van der Waals surface area (Å²) in [5, 5.41) is 12.3. The maximum atomic E-state index is 12.3. The number of ether oxygens (including phenoxy) is 1. The highest BCUT2D eigenvalue weighted by Crippen LogP contribution is 2.18. The Morgan fingerprint density at radius 1 is 1.16 bits per heavy atom. The molecule has 2 aromatic carbocycles. The van der Waals surface area contributed by atoms with Gasteiger partial charge < -0.3 is 9.94 Å². The molecule has 0 aliphatic heterocycles. The fourth-order valence-electron chi connectivity index (χ4n) is 2.07. The molecule has 5 nitrogen and oxygen atoms in total. The maximum Gasteiger partial charge on any atom is 0.340 e. The standard InChI is InChI=1S/C14H10N2O3/c1-19-14(17)9-5-4-8-12-13(9)15-10-6-2-3-7-11(10)16(12)18/h2-8H,1H3. The van der Waals surface area contributed by atoms with Crippen LogP contribution in [0.25, 0.3) is 22.1 Å². The van der Waals surface area contributed by atoms with Crippen LogP contribution < -0.4 is 4.73 Å². The minimum atomic E-state index is -0.506. The van der Waals surface area contributed by atoms with Crippen molar-refractivity contribution < 1.29 is 14.3 Å². The smallest absolute Gasteiger partial charge is 0.340 e. The second-order valence-corrected chi connectivity index (χ2v) is 4.06. The molecule has 19 heavy (non-hydrogen) atoms. The lowest BCUT2D eigenvalue weighted by molar-refractivity contribution is -0.548. The number of aromatic nitrogens is 2. The van der Waals surface area contributed by atoms with E-state index in [2.05, 4.69) is 4.98 Å². The van der Waals surface area contributed by atoms with Crippen molar-refractivity contribution in [2.24, 2.45) is 0 Å². The first kappa shape index (κ1) is 11.4. The number of nitrogens with zero attached hydrogens (tertiary/aromatic N) is 2. The zero-order valence-electron chi connectivity index (χ0n) is 10.2. The average molecular weight is 254 g/mol. The first-order valence-corrected chi connectivity index (χ1v) is 5.71. The van der Waals surface area contributed by atoms with Gasteiger partial charge in [-0.2, -0.15) is 4.73 Å². The topological polar surface area (TPSA) is 66.1 Å². The van der Waals surface area contributed by atoms with E-state index in [9.17, 15) is 10.0 Å². The molecule has 0 bridgehead atoms. The summed E-state index contributed by atoms with van der Waals surface area (Å²) in [6.07, 6.45) is 0. The van der Waals surface area contributed by atoms with Gasteiger partial charge in [0.2, 0.25) is 11.0 Å². The van der Waals surface area contributed by atoms with E-state index in [1.807, 2.05) is 0 Å². The van der Waals surface area contributed by atoms with Gasteiger partial charge in [0.1, 0.15) is 5.52 Å². The lowest BCUT2D eigenvalue weighted by Gasteiger charge is -2.07. The van der Waals surface area contributed by atoms with Gasteiger partial charge in [0.25, 0.3) is 0 Å². The van der Waals surface area contributed by atoms with E-state index >= 15 is 0 Å². The number of benzene rings is 2. The Hall–Kier alpha value is -2.69. The van der Waals surface area contributed by atoms with Crippen LogP contribution in [0.2, 0.25) is 0 Å². The van der Waals surface area contributed by atoms with Gasteiger partial charge in [0, 0.05) is 12.1 Å². The van der Waals surface area contributed by atoms with Gasteiger partial charge in [-0.3, -0.25) is 0 Å². The van der Waals surface area contributed by atoms with Crippen LogP contribution in [-0.4, -0.2) is 18.1 Å². The van der Waals surface area contributed by atoms with Crippen LogP contribution in [0.15, 0.2) is 42.5 Å². The molecule has 0 N–H and O–H groups in total. The predicted octanol–water partition coefficient (Wildman–Crippen LogP) is 1.81. The van der Waals surface area contributed by atoms with Gasteiger partial charge in [0.15, 0.2) is 5.52 Å². The van der Waals surface area contributed by atoms with E-state index < -0.39 is 5.97 Å². The normalized spacial score (nSPS) is 10.8. The van der Waals surface area contributed by atoms with E-state index in [-0.39, 0.29) is 5.56 Å². The lowest BCUT2D eigenvalue weighted by atomic mass is 10.1. The first-order valence-electron chi connectivity index (χ1n) is 5.71. The molecule has 1 aromatic heterocycles. The van der Waals surface area contributed by atoms with Crippen LogP contribution in [0.1, 0.15) is 10.4 Å². The van der Waals surface area contributed by atoms with Gasteiger partial charge >= 0.3 is 5.97 Å². The highest BCUT2D eigenvalue weighted by atomic mass is 16.5. The minimum absolute atomic E-state index is 0.287. The number of para-hydroxylation sites is 3. The van der Waals surface area contributed by atoms with E-state index in [0.717, 1.165) is 4.73 Å². The third-order valence-electron chi connectivity index (χ3n) is 2.97. The Labute approximate surface area is 108 Å². The SMILES string of the molecule is COC(=O)c1cccc2c1nc1ccccc1[n+]2[O-]. The van der Waals surface area contributed by atoms with Gasteiger partial charge in [-0.1, -0.05) is 18.2 Å². The highest BCUT2D eigenvalue weighted by molar-refractivity contribution is 6.02. The molecule has 0 radical (unpaired) electrons. The molecule has 0 aliphatic carbocycles. The molecule has 0 saturated carbocycles. The van der Waals surface area contributed by atoms with Crippen LogP contribution >= 0.6 is 0 Å². The van der Waals surface area contributed by atoms with Crippen molar-refractivity contribution in [3.63, 3.8) is 0 Å². The Balaban J connectivity index is 2.47. The van der Waals surface area contributed by atoms with E-state index in [1.54, 1.807) is 42.5 Å². The largest absolute Gasteiger partial charge is 0.618 e. The highest BCUT2D eigenvalue weighted by Gasteiger charge is 2.18. The number of methoxy groups -OCH3 is 1. The third-order valence-corrected chi connectivity index (χ3v) is 2.97. The van der Waals surface area contributed by atoms with Crippen LogP contribution in [0.5, 0.6) is 0 Å². The summed E-state index contributed by atoms with van der Waals surface area (Å²) in [5.41, 5.74) is 2.00. The van der Waals surface area contributed by atoms with Crippen molar-refractivity contribution in [3.8, 4) is 0 Å². The monoisotopic (exact) mass is 254 g/mol. The lowest BCUT2D eigenvalue weighted by Crippen LogP contribution is -2.29. The second kappa shape index (κ2) is 4.20. The fraction of sp³-hybridized carbons (Fsp3) is 0.0714. The van der Waals surface area contributed by atoms with Gasteiger partial charge in [-0.25, -0.2) is 9.78 Å². The third kappa shape index (κ3) is 1.67. The van der Waals surface area contributed by atoms with E-state index in [0.29, 0.717) is 22.1 Å². The van der Waals surface area contributed by atoms with Crippen molar-refractivity contribution >= 4 is 28.0 Å². The van der Waals surface area contributed by atoms with Crippen molar-refractivity contribution in [2.75, 3.05) is 7.11 Å². The number of esters is 1. The number of carbonyl (C=O) groups excluding carboxylic acids is 1. The molecule has 5 heteroatoms. The number of hydrogen-bond donors (Lipinski definition) is 0. The quantitative estimate of drug-likeness (QED) is 0.287. The Kier molecular flexibility index (Phi) is 2.52. The number of fused-ring (bicyclic) bond motifs is 2. The summed E-state index contributed by atoms with van der Waals surface area (Å²) in [7, 11) is 1.30. The fourth-order valence-corrected chi connectivity index (χ4v) is 2.07. The zero-order valence-corrected chi connectivity index (χ0v) is 10.2. The van der Waals surface area contributed by atoms with E-state index in [4.69, 9.17) is 4.74 Å². The summed E-state index contributed by atoms with van der Waals surface area (Å²) in [4.78, 5) is 16.1. The maximum absolute atomic E-state index is 12.3. The molecule has 0 aliphatic rings. The summed E-state index contributed by atoms with van der Waals surface area (Å²) >= 11 is 0. The Bertz CT molecular complexity index is 799. The molecule has 3 rings (SSSR count). The van der Waals surface area contributed by atoms with Crippen LogP contribution in [0, 0.1) is 5.21 Å². The van der Waals surface area contributed by atoms with Crippen molar-refractivity contribution in [1.29, 1.82) is 0 Å². The predicted molar refractivity (Wildman–Crippen MR) is 69.5 cm³/mol. The molecule has 1 heterocycles. The molecule has 0 atom stereocenters. The summed E-state index contributed by atoms with van der Waals surface area (Å²) < 4.78 is 5.49.